The zero-order chi connectivity index (χ0) is 18.6. The van der Waals surface area contributed by atoms with Crippen LogP contribution in [0.1, 0.15) is 27.9 Å². The summed E-state index contributed by atoms with van der Waals surface area (Å²) in [5.41, 5.74) is -0.604. The van der Waals surface area contributed by atoms with Gasteiger partial charge in [0.05, 0.1) is 13.0 Å². The number of benzene rings is 2. The lowest BCUT2D eigenvalue weighted by Crippen LogP contribution is -2.48. The van der Waals surface area contributed by atoms with Crippen molar-refractivity contribution in [3.8, 4) is 0 Å². The molecule has 0 saturated carbocycles. The zero-order valence-corrected chi connectivity index (χ0v) is 15.5. The molecule has 132 valence electrons. The molecule has 4 rings (SSSR count). The van der Waals surface area contributed by atoms with E-state index in [9.17, 15) is 18.8 Å². The van der Waals surface area contributed by atoms with E-state index in [1.165, 1.54) is 29.2 Å². The molecule has 1 unspecified atom stereocenters. The number of carbonyl (C=O) groups is 3. The highest BCUT2D eigenvalue weighted by Gasteiger charge is 2.59. The van der Waals surface area contributed by atoms with Gasteiger partial charge in [-0.05, 0) is 30.3 Å². The van der Waals surface area contributed by atoms with Crippen molar-refractivity contribution in [2.75, 3.05) is 0 Å². The predicted octanol–water partition coefficient (Wildman–Crippen LogP) is 3.14. The third-order valence-electron chi connectivity index (χ3n) is 4.75. The second-order valence-corrected chi connectivity index (χ2v) is 7.58. The highest BCUT2D eigenvalue weighted by molar-refractivity contribution is 9.10. The third-order valence-corrected chi connectivity index (χ3v) is 5.48. The van der Waals surface area contributed by atoms with Crippen LogP contribution < -0.4 is 5.32 Å². The van der Waals surface area contributed by atoms with Gasteiger partial charge in [-0.1, -0.05) is 33.6 Å². The van der Waals surface area contributed by atoms with Gasteiger partial charge in [-0.2, -0.15) is 0 Å². The summed E-state index contributed by atoms with van der Waals surface area (Å²) in [7, 11) is 0. The van der Waals surface area contributed by atoms with E-state index in [1.54, 1.807) is 12.1 Å². The zero-order valence-electron chi connectivity index (χ0n) is 13.2. The second-order valence-electron chi connectivity index (χ2n) is 6.23. The Morgan fingerprint density at radius 2 is 1.96 bits per heavy atom. The van der Waals surface area contributed by atoms with Crippen LogP contribution >= 0.6 is 27.5 Å². The molecule has 0 bridgehead atoms. The number of nitrogens with zero attached hydrogens (tertiary/aromatic N) is 1. The van der Waals surface area contributed by atoms with Crippen LogP contribution in [0.15, 0.2) is 40.9 Å². The first-order valence-corrected chi connectivity index (χ1v) is 8.90. The summed E-state index contributed by atoms with van der Waals surface area (Å²) in [6.45, 7) is -0.148. The number of nitrogens with one attached hydrogen (secondary N) is 1. The Hall–Kier alpha value is -2.25. The molecule has 3 amide bonds. The van der Waals surface area contributed by atoms with Gasteiger partial charge in [0.25, 0.3) is 11.8 Å². The van der Waals surface area contributed by atoms with Crippen molar-refractivity contribution in [1.82, 2.24) is 10.2 Å². The van der Waals surface area contributed by atoms with Crippen molar-refractivity contribution in [2.45, 2.75) is 18.5 Å². The van der Waals surface area contributed by atoms with Crippen LogP contribution in [-0.4, -0.2) is 22.6 Å². The summed E-state index contributed by atoms with van der Waals surface area (Å²) < 4.78 is 14.9. The van der Waals surface area contributed by atoms with Gasteiger partial charge in [0.2, 0.25) is 5.91 Å². The Labute approximate surface area is 161 Å². The Bertz CT molecular complexity index is 996. The Morgan fingerprint density at radius 1 is 1.19 bits per heavy atom. The van der Waals surface area contributed by atoms with Crippen LogP contribution in [0.4, 0.5) is 4.39 Å². The second kappa shape index (κ2) is 5.89. The minimum absolute atomic E-state index is 0.148. The summed E-state index contributed by atoms with van der Waals surface area (Å²) in [6, 6.07) is 9.05. The summed E-state index contributed by atoms with van der Waals surface area (Å²) in [5, 5.41) is 2.60. The minimum Gasteiger partial charge on any atom is -0.315 e. The number of imide groups is 1. The SMILES string of the molecule is O=C1CC2(C(=O)N1)c1cc(Cl)ccc1C(=O)N2Cc1ccc(Br)cc1F. The molecule has 5 nitrogen and oxygen atoms in total. The fraction of sp³-hybridized carbons (Fsp3) is 0.167. The Balaban J connectivity index is 1.87. The molecule has 2 heterocycles. The molecule has 0 aromatic heterocycles. The van der Waals surface area contributed by atoms with Gasteiger partial charge in [0.15, 0.2) is 5.54 Å². The fourth-order valence-electron chi connectivity index (χ4n) is 3.56. The van der Waals surface area contributed by atoms with Gasteiger partial charge < -0.3 is 4.90 Å². The largest absolute Gasteiger partial charge is 0.315 e. The summed E-state index contributed by atoms with van der Waals surface area (Å²) in [5.74, 6) is -2.05. The lowest BCUT2D eigenvalue weighted by Gasteiger charge is -2.32. The molecule has 0 radical (unpaired) electrons. The Kier molecular flexibility index (Phi) is 3.89. The highest BCUT2D eigenvalue weighted by Crippen LogP contribution is 2.46. The van der Waals surface area contributed by atoms with E-state index in [2.05, 4.69) is 21.2 Å². The summed E-state index contributed by atoms with van der Waals surface area (Å²) >= 11 is 9.24. The standard InChI is InChI=1S/C18H11BrClFN2O3/c19-10-2-1-9(14(21)5-10)8-23-16(25)12-4-3-11(20)6-13(12)18(23)7-15(24)22-17(18)26/h1-6H,7-8H2,(H,22,24,26). The number of halogens is 3. The van der Waals surface area contributed by atoms with E-state index < -0.39 is 29.1 Å². The molecule has 2 aliphatic rings. The maximum absolute atomic E-state index is 14.3. The smallest absolute Gasteiger partial charge is 0.257 e. The maximum Gasteiger partial charge on any atom is 0.257 e. The molecule has 1 atom stereocenters. The van der Waals surface area contributed by atoms with Crippen molar-refractivity contribution in [1.29, 1.82) is 0 Å². The van der Waals surface area contributed by atoms with E-state index in [0.717, 1.165) is 0 Å². The number of rotatable bonds is 2. The van der Waals surface area contributed by atoms with Gasteiger partial charge in [-0.15, -0.1) is 0 Å². The average molecular weight is 438 g/mol. The van der Waals surface area contributed by atoms with Crippen molar-refractivity contribution in [2.24, 2.45) is 0 Å². The first kappa shape index (κ1) is 17.2. The van der Waals surface area contributed by atoms with Crippen molar-refractivity contribution < 1.29 is 18.8 Å². The number of hydrogen-bond donors (Lipinski definition) is 1. The van der Waals surface area contributed by atoms with Crippen molar-refractivity contribution >= 4 is 45.3 Å². The maximum atomic E-state index is 14.3. The van der Waals surface area contributed by atoms with Gasteiger partial charge in [-0.25, -0.2) is 4.39 Å². The van der Waals surface area contributed by atoms with Crippen LogP contribution in [-0.2, 0) is 21.7 Å². The molecule has 1 spiro atoms. The van der Waals surface area contributed by atoms with E-state index in [4.69, 9.17) is 11.6 Å². The molecule has 1 saturated heterocycles. The van der Waals surface area contributed by atoms with E-state index in [-0.39, 0.29) is 24.1 Å². The van der Waals surface area contributed by atoms with Crippen LogP contribution in [0, 0.1) is 5.82 Å². The van der Waals surface area contributed by atoms with E-state index in [0.29, 0.717) is 15.1 Å². The first-order valence-electron chi connectivity index (χ1n) is 7.73. The molecule has 26 heavy (non-hydrogen) atoms. The van der Waals surface area contributed by atoms with Crippen molar-refractivity contribution in [3.05, 3.63) is 68.4 Å². The van der Waals surface area contributed by atoms with Crippen LogP contribution in [0.25, 0.3) is 0 Å². The number of carbonyl (C=O) groups excluding carboxylic acids is 3. The van der Waals surface area contributed by atoms with Gasteiger partial charge >= 0.3 is 0 Å². The molecule has 2 aromatic rings. The average Bonchev–Trinajstić information content (AvgIpc) is 2.99. The third kappa shape index (κ3) is 2.38. The first-order chi connectivity index (χ1) is 12.3. The lowest BCUT2D eigenvalue weighted by molar-refractivity contribution is -0.129. The molecular weight excluding hydrogens is 427 g/mol. The molecule has 2 aromatic carbocycles. The number of amides is 3. The van der Waals surface area contributed by atoms with Crippen LogP contribution in [0.3, 0.4) is 0 Å². The predicted molar refractivity (Wildman–Crippen MR) is 94.9 cm³/mol. The highest BCUT2D eigenvalue weighted by atomic mass is 79.9. The quantitative estimate of drug-likeness (QED) is 0.734. The van der Waals surface area contributed by atoms with Crippen molar-refractivity contribution in [3.63, 3.8) is 0 Å². The topological polar surface area (TPSA) is 66.5 Å². The fourth-order valence-corrected chi connectivity index (χ4v) is 4.06. The minimum atomic E-state index is -1.51. The molecule has 8 heteroatoms. The lowest BCUT2D eigenvalue weighted by atomic mass is 9.87. The number of fused-ring (bicyclic) bond motifs is 2. The van der Waals surface area contributed by atoms with Crippen LogP contribution in [0.2, 0.25) is 5.02 Å². The van der Waals surface area contributed by atoms with E-state index in [1.807, 2.05) is 0 Å². The molecule has 1 N–H and O–H groups in total. The monoisotopic (exact) mass is 436 g/mol. The van der Waals surface area contributed by atoms with Gasteiger partial charge in [0.1, 0.15) is 5.82 Å². The Morgan fingerprint density at radius 3 is 2.62 bits per heavy atom. The van der Waals surface area contributed by atoms with E-state index >= 15 is 0 Å². The molecule has 1 fully saturated rings. The van der Waals surface area contributed by atoms with Crippen LogP contribution in [0.5, 0.6) is 0 Å². The molecular formula is C18H11BrClFN2O3. The molecule has 0 aliphatic carbocycles. The number of hydrogen-bond acceptors (Lipinski definition) is 3. The normalized spacial score (nSPS) is 21.5. The van der Waals surface area contributed by atoms with Gasteiger partial charge in [0, 0.05) is 26.2 Å². The summed E-state index contributed by atoms with van der Waals surface area (Å²) in [4.78, 5) is 38.9. The molecule has 2 aliphatic heterocycles. The van der Waals surface area contributed by atoms with Gasteiger partial charge in [-0.3, -0.25) is 19.7 Å². The summed E-state index contributed by atoms with van der Waals surface area (Å²) in [6.07, 6.45) is -0.219.